The van der Waals surface area contributed by atoms with Crippen molar-refractivity contribution in [3.8, 4) is 5.75 Å². The van der Waals surface area contributed by atoms with Gasteiger partial charge < -0.3 is 14.6 Å². The lowest BCUT2D eigenvalue weighted by Crippen LogP contribution is -2.10. The molecule has 0 atom stereocenters. The Kier molecular flexibility index (Phi) is 5.41. The maximum absolute atomic E-state index is 5.72. The van der Waals surface area contributed by atoms with E-state index in [-0.39, 0.29) is 6.10 Å². The van der Waals surface area contributed by atoms with Crippen LogP contribution in [0.2, 0.25) is 0 Å². The number of aryl methyl sites for hydroxylation is 1. The van der Waals surface area contributed by atoms with Crippen molar-refractivity contribution < 1.29 is 4.74 Å². The van der Waals surface area contributed by atoms with Crippen LogP contribution in [-0.2, 0) is 6.54 Å². The minimum atomic E-state index is 0.154. The molecule has 2 heterocycles. The number of unbranched alkanes of at least 4 members (excludes halogenated alkanes) is 1. The van der Waals surface area contributed by atoms with Crippen molar-refractivity contribution in [1.29, 1.82) is 0 Å². The number of nitrogens with one attached hydrogen (secondary N) is 1. The monoisotopic (exact) mass is 274 g/mol. The molecule has 108 valence electrons. The number of pyridine rings is 1. The minimum Gasteiger partial charge on any atom is -0.487 e. The number of aromatic nitrogens is 3. The van der Waals surface area contributed by atoms with Crippen LogP contribution in [0.3, 0.4) is 0 Å². The van der Waals surface area contributed by atoms with E-state index < -0.39 is 0 Å². The van der Waals surface area contributed by atoms with Crippen LogP contribution in [0.25, 0.3) is 0 Å². The smallest absolute Gasteiger partial charge is 0.168 e. The lowest BCUT2D eigenvalue weighted by atomic mass is 10.3. The van der Waals surface area contributed by atoms with Crippen LogP contribution < -0.4 is 10.1 Å². The molecular weight excluding hydrogens is 252 g/mol. The van der Waals surface area contributed by atoms with E-state index in [0.717, 1.165) is 37.5 Å². The van der Waals surface area contributed by atoms with Gasteiger partial charge in [-0.3, -0.25) is 0 Å². The molecule has 0 amide bonds. The van der Waals surface area contributed by atoms with Crippen molar-refractivity contribution in [2.75, 3.05) is 11.9 Å². The van der Waals surface area contributed by atoms with Crippen LogP contribution in [0.1, 0.15) is 26.7 Å². The third-order valence-electron chi connectivity index (χ3n) is 2.83. The van der Waals surface area contributed by atoms with Crippen molar-refractivity contribution in [1.82, 2.24) is 14.5 Å². The van der Waals surface area contributed by atoms with Gasteiger partial charge in [-0.1, -0.05) is 0 Å². The number of anilines is 1. The lowest BCUT2D eigenvalue weighted by molar-refractivity contribution is 0.243. The summed E-state index contributed by atoms with van der Waals surface area (Å²) in [7, 11) is 0. The third-order valence-corrected chi connectivity index (χ3v) is 2.83. The molecule has 2 rings (SSSR count). The molecule has 0 fully saturated rings. The fourth-order valence-electron chi connectivity index (χ4n) is 1.92. The Labute approximate surface area is 120 Å². The first kappa shape index (κ1) is 14.4. The molecule has 0 aliphatic heterocycles. The van der Waals surface area contributed by atoms with Crippen LogP contribution >= 0.6 is 0 Å². The summed E-state index contributed by atoms with van der Waals surface area (Å²) in [6, 6.07) is 3.84. The van der Waals surface area contributed by atoms with E-state index in [1.165, 1.54) is 0 Å². The molecule has 2 aromatic rings. The predicted octanol–water partition coefficient (Wildman–Crippen LogP) is 2.96. The van der Waals surface area contributed by atoms with Gasteiger partial charge in [0.15, 0.2) is 11.6 Å². The third kappa shape index (κ3) is 4.57. The number of hydrogen-bond acceptors (Lipinski definition) is 4. The second kappa shape index (κ2) is 7.53. The second-order valence-electron chi connectivity index (χ2n) is 4.95. The molecule has 5 nitrogen and oxygen atoms in total. The predicted molar refractivity (Wildman–Crippen MR) is 80.0 cm³/mol. The van der Waals surface area contributed by atoms with Gasteiger partial charge in [0.25, 0.3) is 0 Å². The molecule has 0 radical (unpaired) electrons. The van der Waals surface area contributed by atoms with Crippen LogP contribution in [0, 0.1) is 0 Å². The molecule has 0 saturated carbocycles. The maximum Gasteiger partial charge on any atom is 0.168 e. The summed E-state index contributed by atoms with van der Waals surface area (Å²) in [5.41, 5.74) is 0. The zero-order valence-corrected chi connectivity index (χ0v) is 12.1. The average Bonchev–Trinajstić information content (AvgIpc) is 2.93. The molecule has 1 N–H and O–H groups in total. The summed E-state index contributed by atoms with van der Waals surface area (Å²) in [5, 5.41) is 3.34. The fraction of sp³-hybridized carbons (Fsp3) is 0.467. The van der Waals surface area contributed by atoms with Gasteiger partial charge in [-0.25, -0.2) is 9.97 Å². The van der Waals surface area contributed by atoms with Gasteiger partial charge in [0.05, 0.1) is 12.4 Å². The second-order valence-corrected chi connectivity index (χ2v) is 4.95. The van der Waals surface area contributed by atoms with Gasteiger partial charge in [0.2, 0.25) is 0 Å². The first-order chi connectivity index (χ1) is 9.75. The SMILES string of the molecule is CC(C)Oc1cccnc1NCCCCn1ccnc1. The van der Waals surface area contributed by atoms with Crippen molar-refractivity contribution >= 4 is 5.82 Å². The van der Waals surface area contributed by atoms with E-state index >= 15 is 0 Å². The van der Waals surface area contributed by atoms with Crippen LogP contribution in [-0.4, -0.2) is 27.2 Å². The van der Waals surface area contributed by atoms with E-state index in [1.54, 1.807) is 6.20 Å². The Morgan fingerprint density at radius 1 is 1.30 bits per heavy atom. The van der Waals surface area contributed by atoms with Crippen molar-refractivity contribution in [3.63, 3.8) is 0 Å². The summed E-state index contributed by atoms with van der Waals surface area (Å²) in [6.45, 7) is 5.92. The first-order valence-corrected chi connectivity index (χ1v) is 7.07. The number of ether oxygens (including phenoxy) is 1. The maximum atomic E-state index is 5.72. The number of hydrogen-bond donors (Lipinski definition) is 1. The highest BCUT2D eigenvalue weighted by Crippen LogP contribution is 2.21. The van der Waals surface area contributed by atoms with Gasteiger partial charge in [0, 0.05) is 31.7 Å². The van der Waals surface area contributed by atoms with Crippen molar-refractivity contribution in [2.24, 2.45) is 0 Å². The minimum absolute atomic E-state index is 0.154. The fourth-order valence-corrected chi connectivity index (χ4v) is 1.92. The zero-order chi connectivity index (χ0) is 14.2. The molecule has 5 heteroatoms. The molecule has 2 aromatic heterocycles. The van der Waals surface area contributed by atoms with Gasteiger partial charge in [0.1, 0.15) is 0 Å². The number of nitrogens with zero attached hydrogens (tertiary/aromatic N) is 3. The van der Waals surface area contributed by atoms with Gasteiger partial charge in [-0.15, -0.1) is 0 Å². The highest BCUT2D eigenvalue weighted by molar-refractivity contribution is 5.49. The zero-order valence-electron chi connectivity index (χ0n) is 12.1. The topological polar surface area (TPSA) is 52.0 Å². The summed E-state index contributed by atoms with van der Waals surface area (Å²) in [5.74, 6) is 1.64. The van der Waals surface area contributed by atoms with Crippen LogP contribution in [0.4, 0.5) is 5.82 Å². The highest BCUT2D eigenvalue weighted by Gasteiger charge is 2.05. The highest BCUT2D eigenvalue weighted by atomic mass is 16.5. The molecule has 0 aromatic carbocycles. The standard InChI is InChI=1S/C15H22N4O/c1-13(2)20-14-6-5-8-18-15(14)17-7-3-4-10-19-11-9-16-12-19/h5-6,8-9,11-13H,3-4,7,10H2,1-2H3,(H,17,18). The van der Waals surface area contributed by atoms with Crippen molar-refractivity contribution in [2.45, 2.75) is 39.3 Å². The molecule has 0 aliphatic rings. The van der Waals surface area contributed by atoms with E-state index in [0.29, 0.717) is 0 Å². The largest absolute Gasteiger partial charge is 0.487 e. The number of imidazole rings is 1. The Bertz CT molecular complexity index is 496. The average molecular weight is 274 g/mol. The van der Waals surface area contributed by atoms with E-state index in [9.17, 15) is 0 Å². The molecule has 0 aliphatic carbocycles. The summed E-state index contributed by atoms with van der Waals surface area (Å²) < 4.78 is 7.82. The Hall–Kier alpha value is -2.04. The molecule has 0 spiro atoms. The Morgan fingerprint density at radius 3 is 2.95 bits per heavy atom. The molecule has 0 bridgehead atoms. The molecule has 20 heavy (non-hydrogen) atoms. The Morgan fingerprint density at radius 2 is 2.20 bits per heavy atom. The van der Waals surface area contributed by atoms with E-state index in [1.807, 2.05) is 44.7 Å². The lowest BCUT2D eigenvalue weighted by Gasteiger charge is -2.14. The number of rotatable bonds is 8. The van der Waals surface area contributed by atoms with E-state index in [4.69, 9.17) is 4.74 Å². The van der Waals surface area contributed by atoms with Crippen LogP contribution in [0.5, 0.6) is 5.75 Å². The summed E-state index contributed by atoms with van der Waals surface area (Å²) in [6.07, 6.45) is 9.76. The van der Waals surface area contributed by atoms with Crippen molar-refractivity contribution in [3.05, 3.63) is 37.1 Å². The normalized spacial score (nSPS) is 10.8. The molecule has 0 saturated heterocycles. The van der Waals surface area contributed by atoms with Crippen LogP contribution in [0.15, 0.2) is 37.1 Å². The van der Waals surface area contributed by atoms with E-state index in [2.05, 4.69) is 19.9 Å². The quantitative estimate of drug-likeness (QED) is 0.752. The molecule has 0 unspecified atom stereocenters. The summed E-state index contributed by atoms with van der Waals surface area (Å²) >= 11 is 0. The van der Waals surface area contributed by atoms with Gasteiger partial charge in [-0.2, -0.15) is 0 Å². The van der Waals surface area contributed by atoms with Gasteiger partial charge in [-0.05, 0) is 38.8 Å². The molecular formula is C15H22N4O. The van der Waals surface area contributed by atoms with Gasteiger partial charge >= 0.3 is 0 Å². The summed E-state index contributed by atoms with van der Waals surface area (Å²) in [4.78, 5) is 8.36. The first-order valence-electron chi connectivity index (χ1n) is 7.07. The Balaban J connectivity index is 1.73.